The first-order valence-electron chi connectivity index (χ1n) is 8.67. The van der Waals surface area contributed by atoms with Crippen molar-refractivity contribution in [2.75, 3.05) is 5.32 Å². The number of anilines is 1. The van der Waals surface area contributed by atoms with Crippen LogP contribution in [0, 0.1) is 5.92 Å². The molecule has 0 radical (unpaired) electrons. The largest absolute Gasteiger partial charge is 0.347 e. The van der Waals surface area contributed by atoms with Gasteiger partial charge in [-0.2, -0.15) is 0 Å². The fourth-order valence-corrected chi connectivity index (χ4v) is 3.68. The lowest BCUT2D eigenvalue weighted by molar-refractivity contribution is -0.116. The maximum absolute atomic E-state index is 12.4. The van der Waals surface area contributed by atoms with Crippen LogP contribution in [0.5, 0.6) is 0 Å². The smallest absolute Gasteiger partial charge is 0.261 e. The van der Waals surface area contributed by atoms with Gasteiger partial charge in [0.15, 0.2) is 0 Å². The van der Waals surface area contributed by atoms with Crippen molar-refractivity contribution in [3.63, 3.8) is 0 Å². The number of hydrogen-bond acceptors (Lipinski definition) is 3. The van der Waals surface area contributed by atoms with Crippen molar-refractivity contribution in [1.29, 1.82) is 0 Å². The highest BCUT2D eigenvalue weighted by molar-refractivity contribution is 7.20. The Kier molecular flexibility index (Phi) is 5.68. The predicted octanol–water partition coefficient (Wildman–Crippen LogP) is 4.82. The van der Waals surface area contributed by atoms with Crippen molar-refractivity contribution in [1.82, 2.24) is 5.32 Å². The van der Waals surface area contributed by atoms with E-state index in [-0.39, 0.29) is 11.8 Å². The molecule has 0 atom stereocenters. The maximum atomic E-state index is 12.4. The lowest BCUT2D eigenvalue weighted by Crippen LogP contribution is -2.22. The molecule has 2 N–H and O–H groups in total. The average molecular weight is 366 g/mol. The summed E-state index contributed by atoms with van der Waals surface area (Å²) in [5.41, 5.74) is 1.70. The van der Waals surface area contributed by atoms with Crippen LogP contribution in [-0.4, -0.2) is 11.8 Å². The Balaban J connectivity index is 1.61. The van der Waals surface area contributed by atoms with Gasteiger partial charge in [-0.05, 0) is 41.1 Å². The van der Waals surface area contributed by atoms with Crippen LogP contribution in [0.2, 0.25) is 0 Å². The van der Waals surface area contributed by atoms with E-state index in [1.165, 1.54) is 11.3 Å². The monoisotopic (exact) mass is 366 g/mol. The molecule has 2 aromatic carbocycles. The van der Waals surface area contributed by atoms with Crippen molar-refractivity contribution in [2.24, 2.45) is 5.92 Å². The second-order valence-corrected chi connectivity index (χ2v) is 7.76. The van der Waals surface area contributed by atoms with Crippen LogP contribution in [0.25, 0.3) is 10.1 Å². The minimum atomic E-state index is -0.0829. The fourth-order valence-electron chi connectivity index (χ4n) is 2.71. The molecular formula is C21H22N2O2S. The molecule has 26 heavy (non-hydrogen) atoms. The minimum Gasteiger partial charge on any atom is -0.347 e. The van der Waals surface area contributed by atoms with E-state index in [1.54, 1.807) is 0 Å². The highest BCUT2D eigenvalue weighted by Gasteiger charge is 2.10. The van der Waals surface area contributed by atoms with Gasteiger partial charge in [-0.25, -0.2) is 0 Å². The number of hydrogen-bond donors (Lipinski definition) is 2. The molecule has 0 saturated carbocycles. The SMILES string of the molecule is CC(C)CC(=O)Nc1cccc(CNC(=O)c2cc3ccccc3s2)c1. The zero-order valence-electron chi connectivity index (χ0n) is 14.9. The number of amides is 2. The van der Waals surface area contributed by atoms with Gasteiger partial charge in [0.2, 0.25) is 5.91 Å². The summed E-state index contributed by atoms with van der Waals surface area (Å²) in [5.74, 6) is 0.241. The number of benzene rings is 2. The van der Waals surface area contributed by atoms with Crippen molar-refractivity contribution in [3.8, 4) is 0 Å². The fraction of sp³-hybridized carbons (Fsp3) is 0.238. The van der Waals surface area contributed by atoms with Crippen LogP contribution in [0.3, 0.4) is 0 Å². The molecule has 0 unspecified atom stereocenters. The first-order valence-corrected chi connectivity index (χ1v) is 9.48. The average Bonchev–Trinajstić information content (AvgIpc) is 3.03. The molecule has 0 saturated heterocycles. The minimum absolute atomic E-state index is 0.00598. The van der Waals surface area contributed by atoms with E-state index in [4.69, 9.17) is 0 Å². The number of carbonyl (C=O) groups is 2. The summed E-state index contributed by atoms with van der Waals surface area (Å²) < 4.78 is 1.10. The van der Waals surface area contributed by atoms with Gasteiger partial charge in [0.25, 0.3) is 5.91 Å². The lowest BCUT2D eigenvalue weighted by atomic mass is 10.1. The Morgan fingerprint density at radius 1 is 1.04 bits per heavy atom. The van der Waals surface area contributed by atoms with E-state index in [9.17, 15) is 9.59 Å². The third-order valence-electron chi connectivity index (χ3n) is 3.91. The van der Waals surface area contributed by atoms with Gasteiger partial charge in [0, 0.05) is 23.4 Å². The van der Waals surface area contributed by atoms with Gasteiger partial charge in [0.05, 0.1) is 4.88 Å². The van der Waals surface area contributed by atoms with Gasteiger partial charge in [-0.15, -0.1) is 11.3 Å². The predicted molar refractivity (Wildman–Crippen MR) is 108 cm³/mol. The molecule has 0 aliphatic heterocycles. The highest BCUT2D eigenvalue weighted by atomic mass is 32.1. The van der Waals surface area contributed by atoms with Crippen LogP contribution in [0.15, 0.2) is 54.6 Å². The van der Waals surface area contributed by atoms with E-state index < -0.39 is 0 Å². The van der Waals surface area contributed by atoms with Crippen molar-refractivity contribution in [3.05, 3.63) is 65.0 Å². The summed E-state index contributed by atoms with van der Waals surface area (Å²) in [6.45, 7) is 4.44. The molecule has 0 aliphatic rings. The van der Waals surface area contributed by atoms with Gasteiger partial charge < -0.3 is 10.6 Å². The third-order valence-corrected chi connectivity index (χ3v) is 5.02. The number of fused-ring (bicyclic) bond motifs is 1. The van der Waals surface area contributed by atoms with E-state index in [0.717, 1.165) is 21.3 Å². The van der Waals surface area contributed by atoms with Gasteiger partial charge in [0.1, 0.15) is 0 Å². The third kappa shape index (κ3) is 4.70. The highest BCUT2D eigenvalue weighted by Crippen LogP contribution is 2.25. The first-order chi connectivity index (χ1) is 12.5. The lowest BCUT2D eigenvalue weighted by Gasteiger charge is -2.09. The normalized spacial score (nSPS) is 10.9. The van der Waals surface area contributed by atoms with Gasteiger partial charge in [-0.1, -0.05) is 44.2 Å². The van der Waals surface area contributed by atoms with E-state index in [2.05, 4.69) is 10.6 Å². The molecule has 3 aromatic rings. The molecule has 2 amide bonds. The van der Waals surface area contributed by atoms with Gasteiger partial charge in [-0.3, -0.25) is 9.59 Å². The molecule has 1 heterocycles. The van der Waals surface area contributed by atoms with E-state index in [1.807, 2.05) is 68.4 Å². The Morgan fingerprint density at radius 2 is 1.85 bits per heavy atom. The molecule has 0 bridgehead atoms. The quantitative estimate of drug-likeness (QED) is 0.657. The maximum Gasteiger partial charge on any atom is 0.261 e. The van der Waals surface area contributed by atoms with E-state index >= 15 is 0 Å². The molecule has 4 nitrogen and oxygen atoms in total. The number of thiophene rings is 1. The van der Waals surface area contributed by atoms with Crippen molar-refractivity contribution in [2.45, 2.75) is 26.8 Å². The molecule has 0 aliphatic carbocycles. The van der Waals surface area contributed by atoms with Crippen molar-refractivity contribution >= 4 is 38.9 Å². The first kappa shape index (κ1) is 18.1. The second kappa shape index (κ2) is 8.15. The summed E-state index contributed by atoms with van der Waals surface area (Å²) in [6, 6.07) is 17.4. The zero-order chi connectivity index (χ0) is 18.5. The van der Waals surface area contributed by atoms with Crippen LogP contribution in [0.1, 0.15) is 35.5 Å². The zero-order valence-corrected chi connectivity index (χ0v) is 15.7. The summed E-state index contributed by atoms with van der Waals surface area (Å²) in [4.78, 5) is 25.0. The van der Waals surface area contributed by atoms with Crippen LogP contribution in [-0.2, 0) is 11.3 Å². The Hall–Kier alpha value is -2.66. The number of carbonyl (C=O) groups excluding carboxylic acids is 2. The Morgan fingerprint density at radius 3 is 2.62 bits per heavy atom. The molecule has 1 aromatic heterocycles. The van der Waals surface area contributed by atoms with Crippen molar-refractivity contribution < 1.29 is 9.59 Å². The molecule has 134 valence electrons. The summed E-state index contributed by atoms with van der Waals surface area (Å²) >= 11 is 1.49. The number of nitrogens with one attached hydrogen (secondary N) is 2. The Bertz CT molecular complexity index is 897. The molecule has 3 rings (SSSR count). The van der Waals surface area contributed by atoms with E-state index in [0.29, 0.717) is 23.8 Å². The standard InChI is InChI=1S/C21H22N2O2S/c1-14(2)10-20(24)23-17-8-5-6-15(11-17)13-22-21(25)19-12-16-7-3-4-9-18(16)26-19/h3-9,11-12,14H,10,13H2,1-2H3,(H,22,25)(H,23,24). The number of rotatable bonds is 6. The summed E-state index contributed by atoms with van der Waals surface area (Å²) in [7, 11) is 0. The molecular weight excluding hydrogens is 344 g/mol. The second-order valence-electron chi connectivity index (χ2n) is 6.68. The Labute approximate surface area is 157 Å². The molecule has 0 fully saturated rings. The molecule has 0 spiro atoms. The summed E-state index contributed by atoms with van der Waals surface area (Å²) in [5, 5.41) is 6.93. The summed E-state index contributed by atoms with van der Waals surface area (Å²) in [6.07, 6.45) is 0.493. The van der Waals surface area contributed by atoms with Crippen LogP contribution in [0.4, 0.5) is 5.69 Å². The van der Waals surface area contributed by atoms with Crippen LogP contribution >= 0.6 is 11.3 Å². The topological polar surface area (TPSA) is 58.2 Å². The van der Waals surface area contributed by atoms with Crippen LogP contribution < -0.4 is 10.6 Å². The molecule has 5 heteroatoms. The van der Waals surface area contributed by atoms with Gasteiger partial charge >= 0.3 is 0 Å².